The van der Waals surface area contributed by atoms with Crippen LogP contribution in [0.4, 0.5) is 16.2 Å². The SMILES string of the molecule is CNC(=O)Nc1ccc(Cl)cc1[N+](=O)[O-]. The molecule has 0 aromatic heterocycles. The second-order valence-electron chi connectivity index (χ2n) is 2.62. The fourth-order valence-electron chi connectivity index (χ4n) is 0.946. The Hall–Kier alpha value is -1.82. The molecule has 0 bridgehead atoms. The largest absolute Gasteiger partial charge is 0.341 e. The van der Waals surface area contributed by atoms with Crippen LogP contribution in [0.5, 0.6) is 0 Å². The molecule has 80 valence electrons. The molecule has 0 fully saturated rings. The zero-order chi connectivity index (χ0) is 11.4. The van der Waals surface area contributed by atoms with Gasteiger partial charge in [-0.25, -0.2) is 4.79 Å². The normalized spacial score (nSPS) is 9.47. The first-order chi connectivity index (χ1) is 7.04. The average molecular weight is 230 g/mol. The third-order valence-corrected chi connectivity index (χ3v) is 1.87. The lowest BCUT2D eigenvalue weighted by molar-refractivity contribution is -0.383. The van der Waals surface area contributed by atoms with Gasteiger partial charge in [-0.2, -0.15) is 0 Å². The zero-order valence-corrected chi connectivity index (χ0v) is 8.54. The lowest BCUT2D eigenvalue weighted by Crippen LogP contribution is -2.24. The number of urea groups is 1. The van der Waals surface area contributed by atoms with Crippen LogP contribution in [0.15, 0.2) is 18.2 Å². The Morgan fingerprint density at radius 1 is 1.53 bits per heavy atom. The van der Waals surface area contributed by atoms with Crippen LogP contribution in [-0.4, -0.2) is 18.0 Å². The predicted molar refractivity (Wildman–Crippen MR) is 56.2 cm³/mol. The molecule has 0 atom stereocenters. The third kappa shape index (κ3) is 2.81. The summed E-state index contributed by atoms with van der Waals surface area (Å²) in [6.07, 6.45) is 0. The number of carbonyl (C=O) groups excluding carboxylic acids is 1. The van der Waals surface area contributed by atoms with Crippen LogP contribution in [0, 0.1) is 10.1 Å². The van der Waals surface area contributed by atoms with Crippen LogP contribution in [0.2, 0.25) is 5.02 Å². The van der Waals surface area contributed by atoms with Crippen molar-refractivity contribution in [2.45, 2.75) is 0 Å². The Labute approximate surface area is 90.4 Å². The molecule has 0 unspecified atom stereocenters. The van der Waals surface area contributed by atoms with Crippen LogP contribution in [0.25, 0.3) is 0 Å². The van der Waals surface area contributed by atoms with Crippen molar-refractivity contribution >= 4 is 29.0 Å². The van der Waals surface area contributed by atoms with E-state index in [9.17, 15) is 14.9 Å². The van der Waals surface area contributed by atoms with Crippen LogP contribution in [0.3, 0.4) is 0 Å². The summed E-state index contributed by atoms with van der Waals surface area (Å²) in [5, 5.41) is 15.5. The fraction of sp³-hybridized carbons (Fsp3) is 0.125. The van der Waals surface area contributed by atoms with Gasteiger partial charge in [0.05, 0.1) is 4.92 Å². The molecule has 0 radical (unpaired) electrons. The van der Waals surface area contributed by atoms with Gasteiger partial charge in [-0.15, -0.1) is 0 Å². The van der Waals surface area contributed by atoms with Gasteiger partial charge >= 0.3 is 6.03 Å². The second-order valence-corrected chi connectivity index (χ2v) is 3.06. The Morgan fingerprint density at radius 2 is 2.20 bits per heavy atom. The summed E-state index contributed by atoms with van der Waals surface area (Å²) in [7, 11) is 1.41. The highest BCUT2D eigenvalue weighted by atomic mass is 35.5. The van der Waals surface area contributed by atoms with Gasteiger partial charge < -0.3 is 10.6 Å². The van der Waals surface area contributed by atoms with Crippen LogP contribution >= 0.6 is 11.6 Å². The summed E-state index contributed by atoms with van der Waals surface area (Å²) in [6, 6.07) is 3.47. The highest BCUT2D eigenvalue weighted by molar-refractivity contribution is 6.31. The molecule has 1 aromatic carbocycles. The van der Waals surface area contributed by atoms with Crippen molar-refractivity contribution in [3.05, 3.63) is 33.3 Å². The summed E-state index contributed by atoms with van der Waals surface area (Å²) in [4.78, 5) is 21.0. The Balaban J connectivity index is 3.06. The highest BCUT2D eigenvalue weighted by Gasteiger charge is 2.15. The lowest BCUT2D eigenvalue weighted by atomic mass is 10.2. The summed E-state index contributed by atoms with van der Waals surface area (Å²) in [5.74, 6) is 0. The second kappa shape index (κ2) is 4.61. The maximum Gasteiger partial charge on any atom is 0.319 e. The molecule has 2 N–H and O–H groups in total. The van der Waals surface area contributed by atoms with E-state index in [1.165, 1.54) is 25.2 Å². The van der Waals surface area contributed by atoms with E-state index in [0.717, 1.165) is 0 Å². The first-order valence-electron chi connectivity index (χ1n) is 3.97. The van der Waals surface area contributed by atoms with Crippen molar-refractivity contribution in [3.63, 3.8) is 0 Å². The topological polar surface area (TPSA) is 84.3 Å². The highest BCUT2D eigenvalue weighted by Crippen LogP contribution is 2.27. The van der Waals surface area contributed by atoms with Gasteiger partial charge in [-0.05, 0) is 12.1 Å². The molecule has 1 rings (SSSR count). The molecule has 0 saturated heterocycles. The van der Waals surface area contributed by atoms with Crippen molar-refractivity contribution in [1.29, 1.82) is 0 Å². The van der Waals surface area contributed by atoms with E-state index < -0.39 is 11.0 Å². The average Bonchev–Trinajstić information content (AvgIpc) is 2.20. The van der Waals surface area contributed by atoms with Gasteiger partial charge in [0.2, 0.25) is 0 Å². The number of nitrogens with one attached hydrogen (secondary N) is 2. The third-order valence-electron chi connectivity index (χ3n) is 1.63. The number of halogens is 1. The van der Waals surface area contributed by atoms with E-state index in [1.807, 2.05) is 0 Å². The molecule has 0 heterocycles. The molecule has 2 amide bonds. The van der Waals surface area contributed by atoms with Gasteiger partial charge in [0, 0.05) is 18.1 Å². The molecular weight excluding hydrogens is 222 g/mol. The Bertz CT molecular complexity index is 408. The van der Waals surface area contributed by atoms with E-state index in [0.29, 0.717) is 0 Å². The maximum absolute atomic E-state index is 11.0. The molecule has 0 spiro atoms. The van der Waals surface area contributed by atoms with Crippen molar-refractivity contribution in [2.24, 2.45) is 0 Å². The maximum atomic E-state index is 11.0. The number of rotatable bonds is 2. The minimum Gasteiger partial charge on any atom is -0.341 e. The molecule has 0 aliphatic carbocycles. The number of benzene rings is 1. The smallest absolute Gasteiger partial charge is 0.319 e. The van der Waals surface area contributed by atoms with Crippen molar-refractivity contribution < 1.29 is 9.72 Å². The van der Waals surface area contributed by atoms with Crippen LogP contribution in [0.1, 0.15) is 0 Å². The number of carbonyl (C=O) groups is 1. The van der Waals surface area contributed by atoms with Gasteiger partial charge in [-0.3, -0.25) is 10.1 Å². The fourth-order valence-corrected chi connectivity index (χ4v) is 1.11. The van der Waals surface area contributed by atoms with E-state index in [1.54, 1.807) is 0 Å². The van der Waals surface area contributed by atoms with Gasteiger partial charge in [0.1, 0.15) is 5.69 Å². The lowest BCUT2D eigenvalue weighted by Gasteiger charge is -2.04. The number of anilines is 1. The summed E-state index contributed by atoms with van der Waals surface area (Å²) in [6.45, 7) is 0. The van der Waals surface area contributed by atoms with Gasteiger partial charge in [0.15, 0.2) is 0 Å². The van der Waals surface area contributed by atoms with E-state index in [-0.39, 0.29) is 16.4 Å². The molecule has 15 heavy (non-hydrogen) atoms. The van der Waals surface area contributed by atoms with Gasteiger partial charge in [0.25, 0.3) is 5.69 Å². The first kappa shape index (κ1) is 11.3. The summed E-state index contributed by atoms with van der Waals surface area (Å²) >= 11 is 5.60. The molecule has 0 saturated carbocycles. The van der Waals surface area contributed by atoms with Crippen LogP contribution < -0.4 is 10.6 Å². The zero-order valence-electron chi connectivity index (χ0n) is 7.78. The number of nitro groups is 1. The minimum absolute atomic E-state index is 0.101. The number of nitrogens with zero attached hydrogens (tertiary/aromatic N) is 1. The molecule has 0 aliphatic rings. The molecule has 7 heteroatoms. The van der Waals surface area contributed by atoms with Crippen molar-refractivity contribution in [3.8, 4) is 0 Å². The van der Waals surface area contributed by atoms with Crippen LogP contribution in [-0.2, 0) is 0 Å². The number of hydrogen-bond donors (Lipinski definition) is 2. The van der Waals surface area contributed by atoms with E-state index >= 15 is 0 Å². The van der Waals surface area contributed by atoms with Crippen molar-refractivity contribution in [2.75, 3.05) is 12.4 Å². The standard InChI is InChI=1S/C8H8ClN3O3/c1-10-8(13)11-6-3-2-5(9)4-7(6)12(14)15/h2-4H,1H3,(H2,10,11,13). The summed E-state index contributed by atoms with van der Waals surface area (Å²) in [5.41, 5.74) is -0.144. The quantitative estimate of drug-likeness (QED) is 0.601. The van der Waals surface area contributed by atoms with E-state index in [2.05, 4.69) is 10.6 Å². The monoisotopic (exact) mass is 229 g/mol. The summed E-state index contributed by atoms with van der Waals surface area (Å²) < 4.78 is 0. The molecule has 6 nitrogen and oxygen atoms in total. The molecule has 1 aromatic rings. The number of nitro benzene ring substituents is 1. The predicted octanol–water partition coefficient (Wildman–Crippen LogP) is 2.00. The molecular formula is C8H8ClN3O3. The van der Waals surface area contributed by atoms with Gasteiger partial charge in [-0.1, -0.05) is 11.6 Å². The number of hydrogen-bond acceptors (Lipinski definition) is 3. The Kier molecular flexibility index (Phi) is 3.46. The first-order valence-corrected chi connectivity index (χ1v) is 4.35. The molecule has 0 aliphatic heterocycles. The van der Waals surface area contributed by atoms with Crippen molar-refractivity contribution in [1.82, 2.24) is 5.32 Å². The Morgan fingerprint density at radius 3 is 2.73 bits per heavy atom. The number of amides is 2. The van der Waals surface area contributed by atoms with E-state index in [4.69, 9.17) is 11.6 Å². The minimum atomic E-state index is -0.614.